The van der Waals surface area contributed by atoms with Crippen LogP contribution in [-0.4, -0.2) is 24.1 Å². The maximum absolute atomic E-state index is 11.5. The largest absolute Gasteiger partial charge is 0.458 e. The van der Waals surface area contributed by atoms with Crippen molar-refractivity contribution in [2.45, 2.75) is 38.9 Å². The Labute approximate surface area is 94.6 Å². The van der Waals surface area contributed by atoms with Crippen molar-refractivity contribution < 1.29 is 19.1 Å². The molecule has 1 aliphatic carbocycles. The highest BCUT2D eigenvalue weighted by molar-refractivity contribution is 5.87. The van der Waals surface area contributed by atoms with Crippen molar-refractivity contribution >= 4 is 11.9 Å². The maximum Gasteiger partial charge on any atom is 0.333 e. The van der Waals surface area contributed by atoms with E-state index in [0.717, 1.165) is 6.42 Å². The molecule has 2 rings (SSSR count). The van der Waals surface area contributed by atoms with E-state index in [1.807, 2.05) is 6.92 Å². The van der Waals surface area contributed by atoms with Gasteiger partial charge in [-0.05, 0) is 19.3 Å². The molecule has 88 valence electrons. The van der Waals surface area contributed by atoms with Gasteiger partial charge in [-0.2, -0.15) is 0 Å². The van der Waals surface area contributed by atoms with Crippen molar-refractivity contribution in [3.63, 3.8) is 0 Å². The first-order valence-electron chi connectivity index (χ1n) is 5.55. The molecule has 4 unspecified atom stereocenters. The summed E-state index contributed by atoms with van der Waals surface area (Å²) in [6, 6.07) is 0. The van der Waals surface area contributed by atoms with Crippen molar-refractivity contribution in [3.8, 4) is 0 Å². The van der Waals surface area contributed by atoms with Gasteiger partial charge in [0.05, 0.1) is 6.42 Å². The van der Waals surface area contributed by atoms with Crippen LogP contribution in [0.25, 0.3) is 0 Å². The zero-order valence-corrected chi connectivity index (χ0v) is 9.56. The predicted octanol–water partition coefficient (Wildman–Crippen LogP) is 1.45. The molecule has 4 heteroatoms. The van der Waals surface area contributed by atoms with E-state index in [1.54, 1.807) is 6.92 Å². The van der Waals surface area contributed by atoms with Gasteiger partial charge < -0.3 is 9.47 Å². The minimum Gasteiger partial charge on any atom is -0.458 e. The molecule has 4 nitrogen and oxygen atoms in total. The van der Waals surface area contributed by atoms with Crippen LogP contribution in [0.15, 0.2) is 12.2 Å². The van der Waals surface area contributed by atoms with Gasteiger partial charge in [-0.3, -0.25) is 4.79 Å². The van der Waals surface area contributed by atoms with Gasteiger partial charge in [0.2, 0.25) is 0 Å². The number of rotatable bonds is 2. The summed E-state index contributed by atoms with van der Waals surface area (Å²) in [7, 11) is 0. The van der Waals surface area contributed by atoms with Crippen molar-refractivity contribution in [2.24, 2.45) is 11.8 Å². The van der Waals surface area contributed by atoms with Crippen LogP contribution in [0.4, 0.5) is 0 Å². The second-order valence-electron chi connectivity index (χ2n) is 4.78. The summed E-state index contributed by atoms with van der Waals surface area (Å²) < 4.78 is 10.6. The summed E-state index contributed by atoms with van der Waals surface area (Å²) >= 11 is 0. The fourth-order valence-corrected chi connectivity index (χ4v) is 2.52. The third-order valence-electron chi connectivity index (χ3n) is 3.31. The number of hydrogen-bond donors (Lipinski definition) is 0. The summed E-state index contributed by atoms with van der Waals surface area (Å²) in [4.78, 5) is 22.7. The van der Waals surface area contributed by atoms with Gasteiger partial charge >= 0.3 is 11.9 Å². The first kappa shape index (κ1) is 11.2. The highest BCUT2D eigenvalue weighted by Gasteiger charge is 2.50. The van der Waals surface area contributed by atoms with Crippen LogP contribution in [0, 0.1) is 11.8 Å². The van der Waals surface area contributed by atoms with Crippen molar-refractivity contribution in [2.75, 3.05) is 0 Å². The van der Waals surface area contributed by atoms with Gasteiger partial charge in [0.15, 0.2) is 0 Å². The van der Waals surface area contributed by atoms with Gasteiger partial charge in [-0.25, -0.2) is 4.79 Å². The molecule has 0 aromatic carbocycles. The molecule has 0 aromatic rings. The lowest BCUT2D eigenvalue weighted by atomic mass is 9.99. The molecule has 2 bridgehead atoms. The van der Waals surface area contributed by atoms with Gasteiger partial charge in [-0.15, -0.1) is 0 Å². The van der Waals surface area contributed by atoms with E-state index >= 15 is 0 Å². The summed E-state index contributed by atoms with van der Waals surface area (Å²) in [5.74, 6) is -0.196. The Bertz CT molecular complexity index is 347. The Hall–Kier alpha value is -1.32. The van der Waals surface area contributed by atoms with E-state index in [-0.39, 0.29) is 30.0 Å². The Kier molecular flexibility index (Phi) is 2.74. The first-order chi connectivity index (χ1) is 7.49. The Morgan fingerprint density at radius 1 is 1.56 bits per heavy atom. The topological polar surface area (TPSA) is 52.6 Å². The van der Waals surface area contributed by atoms with E-state index in [2.05, 4.69) is 6.58 Å². The number of esters is 2. The van der Waals surface area contributed by atoms with E-state index in [0.29, 0.717) is 12.0 Å². The summed E-state index contributed by atoms with van der Waals surface area (Å²) in [5.41, 5.74) is 0.379. The standard InChI is InChI=1S/C12H16O4/c1-6(2)12(14)16-11-8-4-7(3)10(11)15-9(13)5-8/h7-8,10-11H,1,4-5H2,2-3H3. The molecule has 16 heavy (non-hydrogen) atoms. The Balaban J connectivity index is 2.09. The third-order valence-corrected chi connectivity index (χ3v) is 3.31. The van der Waals surface area contributed by atoms with Crippen molar-refractivity contribution in [1.29, 1.82) is 0 Å². The minimum atomic E-state index is -0.396. The summed E-state index contributed by atoms with van der Waals surface area (Å²) in [6.07, 6.45) is 0.686. The monoisotopic (exact) mass is 224 g/mol. The quantitative estimate of drug-likeness (QED) is 0.526. The number of ether oxygens (including phenoxy) is 2. The average Bonchev–Trinajstić information content (AvgIpc) is 2.38. The highest BCUT2D eigenvalue weighted by atomic mass is 16.6. The second kappa shape index (κ2) is 3.92. The van der Waals surface area contributed by atoms with Gasteiger partial charge in [0, 0.05) is 11.5 Å². The van der Waals surface area contributed by atoms with Crippen LogP contribution in [0.3, 0.4) is 0 Å². The lowest BCUT2D eigenvalue weighted by molar-refractivity contribution is -0.177. The normalized spacial score (nSPS) is 36.8. The first-order valence-corrected chi connectivity index (χ1v) is 5.55. The van der Waals surface area contributed by atoms with Crippen LogP contribution in [-0.2, 0) is 19.1 Å². The van der Waals surface area contributed by atoms with Crippen LogP contribution in [0.2, 0.25) is 0 Å². The fourth-order valence-electron chi connectivity index (χ4n) is 2.52. The number of hydrogen-bond acceptors (Lipinski definition) is 4. The molecule has 0 aromatic heterocycles. The van der Waals surface area contributed by atoms with Crippen LogP contribution < -0.4 is 0 Å². The Morgan fingerprint density at radius 3 is 2.81 bits per heavy atom. The zero-order valence-electron chi connectivity index (χ0n) is 9.56. The lowest BCUT2D eigenvalue weighted by Crippen LogP contribution is -2.41. The molecular weight excluding hydrogens is 208 g/mol. The molecule has 1 saturated heterocycles. The summed E-state index contributed by atoms with van der Waals surface area (Å²) in [6.45, 7) is 7.18. The molecule has 0 radical (unpaired) electrons. The molecule has 0 amide bonds. The van der Waals surface area contributed by atoms with E-state index in [9.17, 15) is 9.59 Å². The molecule has 2 aliphatic rings. The van der Waals surface area contributed by atoms with E-state index in [1.165, 1.54) is 0 Å². The Morgan fingerprint density at radius 2 is 2.25 bits per heavy atom. The van der Waals surface area contributed by atoms with Crippen LogP contribution >= 0.6 is 0 Å². The molecule has 1 aliphatic heterocycles. The number of carbonyl (C=O) groups is 2. The van der Waals surface area contributed by atoms with Gasteiger partial charge in [0.1, 0.15) is 12.2 Å². The molecule has 1 heterocycles. The maximum atomic E-state index is 11.5. The molecule has 4 atom stereocenters. The van der Waals surface area contributed by atoms with Crippen LogP contribution in [0.5, 0.6) is 0 Å². The van der Waals surface area contributed by atoms with Crippen LogP contribution in [0.1, 0.15) is 26.7 Å². The third kappa shape index (κ3) is 1.84. The zero-order chi connectivity index (χ0) is 11.9. The molecular formula is C12H16O4. The lowest BCUT2D eigenvalue weighted by Gasteiger charge is -2.30. The second-order valence-corrected chi connectivity index (χ2v) is 4.78. The minimum absolute atomic E-state index is 0.115. The van der Waals surface area contributed by atoms with Gasteiger partial charge in [0.25, 0.3) is 0 Å². The SMILES string of the molecule is C=C(C)C(=O)OC1C2CC(=O)OC1C(C)C2. The predicted molar refractivity (Wildman–Crippen MR) is 56.5 cm³/mol. The van der Waals surface area contributed by atoms with Gasteiger partial charge in [-0.1, -0.05) is 13.5 Å². The van der Waals surface area contributed by atoms with E-state index < -0.39 is 5.97 Å². The fraction of sp³-hybridized carbons (Fsp3) is 0.667. The highest BCUT2D eigenvalue weighted by Crippen LogP contribution is 2.41. The number of carbonyl (C=O) groups excluding carboxylic acids is 2. The van der Waals surface area contributed by atoms with Crippen molar-refractivity contribution in [1.82, 2.24) is 0 Å². The average molecular weight is 224 g/mol. The molecule has 2 fully saturated rings. The van der Waals surface area contributed by atoms with E-state index in [4.69, 9.17) is 9.47 Å². The molecule has 0 N–H and O–H groups in total. The summed E-state index contributed by atoms with van der Waals surface area (Å²) in [5, 5.41) is 0. The number of fused-ring (bicyclic) bond motifs is 2. The smallest absolute Gasteiger partial charge is 0.333 e. The molecule has 1 saturated carbocycles. The van der Waals surface area contributed by atoms with Crippen molar-refractivity contribution in [3.05, 3.63) is 12.2 Å². The molecule has 0 spiro atoms.